The molecule has 0 unspecified atom stereocenters. The molecule has 1 saturated carbocycles. The van der Waals surface area contributed by atoms with Crippen LogP contribution in [-0.4, -0.2) is 13.1 Å². The van der Waals surface area contributed by atoms with Gasteiger partial charge in [0.25, 0.3) is 0 Å². The van der Waals surface area contributed by atoms with Gasteiger partial charge in [-0.3, -0.25) is 0 Å². The van der Waals surface area contributed by atoms with Crippen molar-refractivity contribution in [1.29, 1.82) is 0 Å². The first kappa shape index (κ1) is 9.79. The Bertz CT molecular complexity index is 151. The van der Waals surface area contributed by atoms with E-state index in [2.05, 4.69) is 25.7 Å². The number of hydrogen-bond acceptors (Lipinski definition) is 1. The molecule has 1 aliphatic rings. The van der Waals surface area contributed by atoms with E-state index in [-0.39, 0.29) is 0 Å². The van der Waals surface area contributed by atoms with Crippen LogP contribution in [-0.2, 0) is 0 Å². The summed E-state index contributed by atoms with van der Waals surface area (Å²) in [6, 6.07) is 0. The number of nitrogens with one attached hydrogen (secondary N) is 1. The second-order valence-corrected chi connectivity index (χ2v) is 4.27. The van der Waals surface area contributed by atoms with Gasteiger partial charge in [0.05, 0.1) is 0 Å². The zero-order valence-corrected chi connectivity index (χ0v) is 8.45. The van der Waals surface area contributed by atoms with E-state index in [9.17, 15) is 0 Å². The monoisotopic (exact) mass is 167 g/mol. The van der Waals surface area contributed by atoms with Crippen LogP contribution in [0.4, 0.5) is 0 Å². The Labute approximate surface area is 76.2 Å². The molecule has 0 saturated heterocycles. The average molecular weight is 167 g/mol. The van der Waals surface area contributed by atoms with Crippen LogP contribution in [0.1, 0.15) is 39.5 Å². The van der Waals surface area contributed by atoms with Crippen molar-refractivity contribution in [3.05, 3.63) is 12.2 Å². The second-order valence-electron chi connectivity index (χ2n) is 4.27. The zero-order chi connectivity index (χ0) is 9.03. The van der Waals surface area contributed by atoms with Crippen molar-refractivity contribution < 1.29 is 0 Å². The van der Waals surface area contributed by atoms with Gasteiger partial charge in [0.2, 0.25) is 0 Å². The lowest BCUT2D eigenvalue weighted by Crippen LogP contribution is -2.39. The lowest BCUT2D eigenvalue weighted by molar-refractivity contribution is 0.125. The standard InChI is InChI=1S/C11H21N/c1-4-11(6-5-7-11)9-12-8-10(2)3/h12H,2,4-9H2,1,3H3. The van der Waals surface area contributed by atoms with E-state index in [0.717, 1.165) is 6.54 Å². The first-order valence-corrected chi connectivity index (χ1v) is 5.04. The van der Waals surface area contributed by atoms with Crippen molar-refractivity contribution in [2.24, 2.45) is 5.41 Å². The van der Waals surface area contributed by atoms with Crippen LogP contribution in [0.15, 0.2) is 12.2 Å². The van der Waals surface area contributed by atoms with Crippen LogP contribution in [0.5, 0.6) is 0 Å². The molecule has 1 fully saturated rings. The molecule has 12 heavy (non-hydrogen) atoms. The minimum absolute atomic E-state index is 0.648. The van der Waals surface area contributed by atoms with Crippen LogP contribution in [0, 0.1) is 5.41 Å². The Morgan fingerprint density at radius 1 is 1.50 bits per heavy atom. The molecule has 0 heterocycles. The smallest absolute Gasteiger partial charge is 0.0159 e. The molecule has 0 aromatic heterocycles. The van der Waals surface area contributed by atoms with Gasteiger partial charge in [-0.05, 0) is 31.6 Å². The quantitative estimate of drug-likeness (QED) is 0.621. The summed E-state index contributed by atoms with van der Waals surface area (Å²) < 4.78 is 0. The number of rotatable bonds is 5. The summed E-state index contributed by atoms with van der Waals surface area (Å²) in [6.07, 6.45) is 5.61. The van der Waals surface area contributed by atoms with Gasteiger partial charge in [-0.25, -0.2) is 0 Å². The summed E-state index contributed by atoms with van der Waals surface area (Å²) in [5.74, 6) is 0. The largest absolute Gasteiger partial charge is 0.312 e. The Kier molecular flexibility index (Phi) is 3.33. The highest BCUT2D eigenvalue weighted by Gasteiger charge is 2.34. The summed E-state index contributed by atoms with van der Waals surface area (Å²) in [5, 5.41) is 3.48. The molecular weight excluding hydrogens is 146 g/mol. The highest BCUT2D eigenvalue weighted by atomic mass is 14.9. The van der Waals surface area contributed by atoms with Crippen molar-refractivity contribution in [3.63, 3.8) is 0 Å². The molecule has 0 atom stereocenters. The van der Waals surface area contributed by atoms with Crippen molar-refractivity contribution in [2.45, 2.75) is 39.5 Å². The van der Waals surface area contributed by atoms with Crippen LogP contribution in [0.2, 0.25) is 0 Å². The van der Waals surface area contributed by atoms with Gasteiger partial charge in [0, 0.05) is 13.1 Å². The second kappa shape index (κ2) is 4.08. The van der Waals surface area contributed by atoms with Crippen molar-refractivity contribution in [2.75, 3.05) is 13.1 Å². The third kappa shape index (κ3) is 2.34. The molecule has 0 radical (unpaired) electrons. The van der Waals surface area contributed by atoms with Gasteiger partial charge in [-0.1, -0.05) is 25.5 Å². The van der Waals surface area contributed by atoms with Gasteiger partial charge in [-0.2, -0.15) is 0 Å². The van der Waals surface area contributed by atoms with Crippen LogP contribution in [0.3, 0.4) is 0 Å². The highest BCUT2D eigenvalue weighted by molar-refractivity contribution is 4.94. The van der Waals surface area contributed by atoms with E-state index in [4.69, 9.17) is 0 Å². The van der Waals surface area contributed by atoms with Crippen molar-refractivity contribution >= 4 is 0 Å². The predicted octanol–water partition coefficient (Wildman–Crippen LogP) is 2.73. The maximum Gasteiger partial charge on any atom is 0.0159 e. The normalized spacial score (nSPS) is 20.2. The third-order valence-corrected chi connectivity index (χ3v) is 3.09. The molecular formula is C11H21N. The minimum Gasteiger partial charge on any atom is -0.312 e. The molecule has 0 aliphatic heterocycles. The fourth-order valence-corrected chi connectivity index (χ4v) is 1.87. The zero-order valence-electron chi connectivity index (χ0n) is 8.45. The molecule has 0 bridgehead atoms. The summed E-state index contributed by atoms with van der Waals surface area (Å²) in [5.41, 5.74) is 1.88. The maximum absolute atomic E-state index is 3.88. The van der Waals surface area contributed by atoms with Gasteiger partial charge in [0.15, 0.2) is 0 Å². The highest BCUT2D eigenvalue weighted by Crippen LogP contribution is 2.42. The fraction of sp³-hybridized carbons (Fsp3) is 0.818. The molecule has 1 heteroatoms. The van der Waals surface area contributed by atoms with Crippen LogP contribution in [0.25, 0.3) is 0 Å². The first-order chi connectivity index (χ1) is 5.68. The molecule has 70 valence electrons. The minimum atomic E-state index is 0.648. The molecule has 0 amide bonds. The molecule has 1 rings (SSSR count). The summed E-state index contributed by atoms with van der Waals surface area (Å²) in [7, 11) is 0. The van der Waals surface area contributed by atoms with E-state index in [1.165, 1.54) is 37.8 Å². The van der Waals surface area contributed by atoms with E-state index < -0.39 is 0 Å². The lowest BCUT2D eigenvalue weighted by atomic mass is 9.67. The lowest BCUT2D eigenvalue weighted by Gasteiger charge is -2.41. The Hall–Kier alpha value is -0.300. The van der Waals surface area contributed by atoms with Crippen LogP contribution < -0.4 is 5.32 Å². The predicted molar refractivity (Wildman–Crippen MR) is 54.3 cm³/mol. The van der Waals surface area contributed by atoms with Gasteiger partial charge in [-0.15, -0.1) is 0 Å². The molecule has 1 N–H and O–H groups in total. The van der Waals surface area contributed by atoms with Gasteiger partial charge in [0.1, 0.15) is 0 Å². The van der Waals surface area contributed by atoms with Crippen molar-refractivity contribution in [1.82, 2.24) is 5.32 Å². The summed E-state index contributed by atoms with van der Waals surface area (Å²) >= 11 is 0. The van der Waals surface area contributed by atoms with E-state index in [1.54, 1.807) is 0 Å². The number of hydrogen-bond donors (Lipinski definition) is 1. The van der Waals surface area contributed by atoms with Crippen LogP contribution >= 0.6 is 0 Å². The van der Waals surface area contributed by atoms with Gasteiger partial charge < -0.3 is 5.32 Å². The summed E-state index contributed by atoms with van der Waals surface area (Å²) in [6.45, 7) is 10.4. The summed E-state index contributed by atoms with van der Waals surface area (Å²) in [4.78, 5) is 0. The Morgan fingerprint density at radius 2 is 2.17 bits per heavy atom. The fourth-order valence-electron chi connectivity index (χ4n) is 1.87. The van der Waals surface area contributed by atoms with Crippen molar-refractivity contribution in [3.8, 4) is 0 Å². The van der Waals surface area contributed by atoms with E-state index in [0.29, 0.717) is 5.41 Å². The third-order valence-electron chi connectivity index (χ3n) is 3.09. The molecule has 0 aromatic rings. The average Bonchev–Trinajstić information content (AvgIpc) is 1.94. The van der Waals surface area contributed by atoms with Gasteiger partial charge >= 0.3 is 0 Å². The van der Waals surface area contributed by atoms with E-state index in [1.807, 2.05) is 0 Å². The van der Waals surface area contributed by atoms with E-state index >= 15 is 0 Å². The molecule has 1 aliphatic carbocycles. The SMILES string of the molecule is C=C(C)CNCC1(CC)CCC1. The topological polar surface area (TPSA) is 12.0 Å². The first-order valence-electron chi connectivity index (χ1n) is 5.04. The molecule has 0 spiro atoms. The Balaban J connectivity index is 2.16. The molecule has 0 aromatic carbocycles. The maximum atomic E-state index is 3.88. The molecule has 1 nitrogen and oxygen atoms in total. The Morgan fingerprint density at radius 3 is 2.50 bits per heavy atom.